The molecule has 0 aromatic heterocycles. The molecule has 5 nitrogen and oxygen atoms in total. The lowest BCUT2D eigenvalue weighted by atomic mass is 10.1. The van der Waals surface area contributed by atoms with E-state index in [0.29, 0.717) is 13.0 Å². The van der Waals surface area contributed by atoms with Gasteiger partial charge < -0.3 is 15.4 Å². The zero-order valence-electron chi connectivity index (χ0n) is 13.3. The maximum Gasteiger partial charge on any atom is 0.319 e. The van der Waals surface area contributed by atoms with Crippen molar-refractivity contribution in [1.29, 1.82) is 0 Å². The third kappa shape index (κ3) is 6.47. The molecule has 0 bridgehead atoms. The van der Waals surface area contributed by atoms with Crippen LogP contribution in [0.15, 0.2) is 16.6 Å². The van der Waals surface area contributed by atoms with Crippen LogP contribution in [0.3, 0.4) is 0 Å². The van der Waals surface area contributed by atoms with Gasteiger partial charge in [-0.1, -0.05) is 22.4 Å². The van der Waals surface area contributed by atoms with Gasteiger partial charge in [-0.15, -0.1) is 0 Å². The third-order valence-electron chi connectivity index (χ3n) is 3.31. The van der Waals surface area contributed by atoms with Gasteiger partial charge in [-0.2, -0.15) is 0 Å². The molecule has 0 aliphatic carbocycles. The SMILES string of the molecule is COC(=O)CCCCCNC(=O)Nc1c(C)cc(Br)cc1C. The van der Waals surface area contributed by atoms with Crippen LogP contribution in [-0.4, -0.2) is 25.7 Å². The molecule has 0 fully saturated rings. The summed E-state index contributed by atoms with van der Waals surface area (Å²) in [4.78, 5) is 22.8. The highest BCUT2D eigenvalue weighted by molar-refractivity contribution is 9.10. The molecule has 0 saturated carbocycles. The molecule has 1 rings (SSSR count). The van der Waals surface area contributed by atoms with Crippen LogP contribution >= 0.6 is 15.9 Å². The molecule has 0 atom stereocenters. The van der Waals surface area contributed by atoms with Crippen molar-refractivity contribution in [3.05, 3.63) is 27.7 Å². The van der Waals surface area contributed by atoms with E-state index in [1.807, 2.05) is 26.0 Å². The number of anilines is 1. The number of esters is 1. The molecule has 0 aliphatic heterocycles. The summed E-state index contributed by atoms with van der Waals surface area (Å²) in [5.41, 5.74) is 2.87. The number of unbranched alkanes of at least 4 members (excludes halogenated alkanes) is 2. The average Bonchev–Trinajstić information content (AvgIpc) is 2.46. The number of ether oxygens (including phenoxy) is 1. The van der Waals surface area contributed by atoms with Gasteiger partial charge in [0.05, 0.1) is 7.11 Å². The van der Waals surface area contributed by atoms with Crippen molar-refractivity contribution in [2.45, 2.75) is 39.5 Å². The smallest absolute Gasteiger partial charge is 0.319 e. The molecule has 122 valence electrons. The number of carbonyl (C=O) groups excluding carboxylic acids is 2. The fraction of sp³-hybridized carbons (Fsp3) is 0.500. The summed E-state index contributed by atoms with van der Waals surface area (Å²) in [5.74, 6) is -0.188. The molecule has 6 heteroatoms. The summed E-state index contributed by atoms with van der Waals surface area (Å²) in [5, 5.41) is 5.70. The molecule has 0 saturated heterocycles. The van der Waals surface area contributed by atoms with Crippen molar-refractivity contribution in [1.82, 2.24) is 5.32 Å². The van der Waals surface area contributed by atoms with Crippen molar-refractivity contribution in [2.24, 2.45) is 0 Å². The fourth-order valence-corrected chi connectivity index (χ4v) is 2.83. The molecule has 2 amide bonds. The number of halogens is 1. The van der Waals surface area contributed by atoms with Crippen molar-refractivity contribution >= 4 is 33.6 Å². The number of benzene rings is 1. The van der Waals surface area contributed by atoms with Crippen LogP contribution < -0.4 is 10.6 Å². The summed E-state index contributed by atoms with van der Waals surface area (Å²) >= 11 is 3.43. The monoisotopic (exact) mass is 370 g/mol. The van der Waals surface area contributed by atoms with Crippen molar-refractivity contribution in [2.75, 3.05) is 19.0 Å². The highest BCUT2D eigenvalue weighted by Gasteiger charge is 2.08. The standard InChI is InChI=1S/C16H23BrN2O3/c1-11-9-13(17)10-12(2)15(11)19-16(21)18-8-6-4-5-7-14(20)22-3/h9-10H,4-8H2,1-3H3,(H2,18,19,21). The summed E-state index contributed by atoms with van der Waals surface area (Å²) < 4.78 is 5.57. The molecular weight excluding hydrogens is 348 g/mol. The van der Waals surface area contributed by atoms with Gasteiger partial charge in [0.25, 0.3) is 0 Å². The van der Waals surface area contributed by atoms with Gasteiger partial charge in [0.2, 0.25) is 0 Å². The molecule has 1 aromatic carbocycles. The predicted octanol–water partition coefficient (Wildman–Crippen LogP) is 3.92. The Balaban J connectivity index is 2.28. The molecule has 0 heterocycles. The lowest BCUT2D eigenvalue weighted by Crippen LogP contribution is -2.30. The largest absolute Gasteiger partial charge is 0.469 e. The Labute approximate surface area is 139 Å². The third-order valence-corrected chi connectivity index (χ3v) is 3.76. The van der Waals surface area contributed by atoms with Gasteiger partial charge in [-0.05, 0) is 49.9 Å². The van der Waals surface area contributed by atoms with E-state index in [4.69, 9.17) is 0 Å². The lowest BCUT2D eigenvalue weighted by molar-refractivity contribution is -0.140. The Morgan fingerprint density at radius 1 is 1.14 bits per heavy atom. The molecule has 0 aliphatic rings. The van der Waals surface area contributed by atoms with Crippen LogP contribution in [0, 0.1) is 13.8 Å². The summed E-state index contributed by atoms with van der Waals surface area (Å²) in [6, 6.07) is 3.73. The number of hydrogen-bond donors (Lipinski definition) is 2. The van der Waals surface area contributed by atoms with Crippen LogP contribution in [0.2, 0.25) is 0 Å². The normalized spacial score (nSPS) is 10.2. The second-order valence-electron chi connectivity index (χ2n) is 5.18. The maximum absolute atomic E-state index is 11.9. The van der Waals surface area contributed by atoms with E-state index in [9.17, 15) is 9.59 Å². The molecule has 0 spiro atoms. The number of hydrogen-bond acceptors (Lipinski definition) is 3. The Kier molecular flexibility index (Phi) is 7.95. The number of aryl methyl sites for hydroxylation is 2. The Bertz CT molecular complexity index is 509. The number of carbonyl (C=O) groups is 2. The van der Waals surface area contributed by atoms with E-state index in [-0.39, 0.29) is 12.0 Å². The topological polar surface area (TPSA) is 67.4 Å². The first-order valence-electron chi connectivity index (χ1n) is 7.32. The van der Waals surface area contributed by atoms with Gasteiger partial charge in [0, 0.05) is 23.1 Å². The first kappa shape index (κ1) is 18.5. The van der Waals surface area contributed by atoms with E-state index in [1.165, 1.54) is 7.11 Å². The molecule has 2 N–H and O–H groups in total. The summed E-state index contributed by atoms with van der Waals surface area (Å²) in [7, 11) is 1.39. The van der Waals surface area contributed by atoms with Gasteiger partial charge in [-0.3, -0.25) is 4.79 Å². The molecule has 0 unspecified atom stereocenters. The van der Waals surface area contributed by atoms with Crippen LogP contribution in [0.4, 0.5) is 10.5 Å². The minimum absolute atomic E-state index is 0.188. The second-order valence-corrected chi connectivity index (χ2v) is 6.10. The number of methoxy groups -OCH3 is 1. The van der Waals surface area contributed by atoms with E-state index in [2.05, 4.69) is 31.3 Å². The van der Waals surface area contributed by atoms with E-state index >= 15 is 0 Å². The Morgan fingerprint density at radius 2 is 1.77 bits per heavy atom. The minimum atomic E-state index is -0.207. The summed E-state index contributed by atoms with van der Waals surface area (Å²) in [6.45, 7) is 4.50. The van der Waals surface area contributed by atoms with Crippen LogP contribution in [0.1, 0.15) is 36.8 Å². The Hall–Kier alpha value is -1.56. The number of nitrogens with one attached hydrogen (secondary N) is 2. The minimum Gasteiger partial charge on any atom is -0.469 e. The zero-order chi connectivity index (χ0) is 16.5. The van der Waals surface area contributed by atoms with E-state index < -0.39 is 0 Å². The van der Waals surface area contributed by atoms with Gasteiger partial charge >= 0.3 is 12.0 Å². The van der Waals surface area contributed by atoms with Crippen molar-refractivity contribution in [3.63, 3.8) is 0 Å². The van der Waals surface area contributed by atoms with E-state index in [1.54, 1.807) is 0 Å². The molecule has 0 radical (unpaired) electrons. The summed E-state index contributed by atoms with van der Waals surface area (Å²) in [6.07, 6.45) is 2.93. The lowest BCUT2D eigenvalue weighted by Gasteiger charge is -2.13. The second kappa shape index (κ2) is 9.46. The quantitative estimate of drug-likeness (QED) is 0.564. The zero-order valence-corrected chi connectivity index (χ0v) is 14.9. The fourth-order valence-electron chi connectivity index (χ4n) is 2.14. The number of urea groups is 1. The van der Waals surface area contributed by atoms with Crippen molar-refractivity contribution < 1.29 is 14.3 Å². The highest BCUT2D eigenvalue weighted by atomic mass is 79.9. The predicted molar refractivity (Wildman–Crippen MR) is 91.1 cm³/mol. The number of amides is 2. The molecular formula is C16H23BrN2O3. The maximum atomic E-state index is 11.9. The number of rotatable bonds is 7. The van der Waals surface area contributed by atoms with Crippen molar-refractivity contribution in [3.8, 4) is 0 Å². The van der Waals surface area contributed by atoms with E-state index in [0.717, 1.165) is 40.5 Å². The first-order chi connectivity index (χ1) is 10.4. The highest BCUT2D eigenvalue weighted by Crippen LogP contribution is 2.24. The van der Waals surface area contributed by atoms with Gasteiger partial charge in [-0.25, -0.2) is 4.79 Å². The van der Waals surface area contributed by atoms with Crippen LogP contribution in [0.25, 0.3) is 0 Å². The van der Waals surface area contributed by atoms with Gasteiger partial charge in [0.15, 0.2) is 0 Å². The Morgan fingerprint density at radius 3 is 2.36 bits per heavy atom. The molecule has 22 heavy (non-hydrogen) atoms. The average molecular weight is 371 g/mol. The van der Waals surface area contributed by atoms with Crippen LogP contribution in [-0.2, 0) is 9.53 Å². The molecule has 1 aromatic rings. The first-order valence-corrected chi connectivity index (χ1v) is 8.11. The van der Waals surface area contributed by atoms with Crippen LogP contribution in [0.5, 0.6) is 0 Å². The van der Waals surface area contributed by atoms with Gasteiger partial charge in [0.1, 0.15) is 0 Å².